The molecule has 2 aromatic heterocycles. The van der Waals surface area contributed by atoms with Crippen LogP contribution in [0.2, 0.25) is 0 Å². The van der Waals surface area contributed by atoms with Gasteiger partial charge in [0.05, 0.1) is 13.2 Å². The van der Waals surface area contributed by atoms with Crippen LogP contribution in [0.3, 0.4) is 0 Å². The monoisotopic (exact) mass is 319 g/mol. The lowest BCUT2D eigenvalue weighted by Crippen LogP contribution is -2.18. The maximum Gasteiger partial charge on any atom is 0.345 e. The second kappa shape index (κ2) is 6.91. The summed E-state index contributed by atoms with van der Waals surface area (Å²) in [6.07, 6.45) is 2.80. The first kappa shape index (κ1) is 16.5. The van der Waals surface area contributed by atoms with Crippen LogP contribution in [0.15, 0.2) is 16.6 Å². The summed E-state index contributed by atoms with van der Waals surface area (Å²) in [6, 6.07) is 0. The number of aromatic nitrogens is 3. The van der Waals surface area contributed by atoms with E-state index in [0.717, 1.165) is 0 Å². The van der Waals surface area contributed by atoms with Gasteiger partial charge in [-0.05, 0) is 26.8 Å². The molecule has 2 rings (SSSR count). The lowest BCUT2D eigenvalue weighted by Gasteiger charge is -2.06. The van der Waals surface area contributed by atoms with Crippen LogP contribution < -0.4 is 5.56 Å². The van der Waals surface area contributed by atoms with Crippen molar-refractivity contribution >= 4 is 29.0 Å². The van der Waals surface area contributed by atoms with Gasteiger partial charge >= 0.3 is 11.9 Å². The number of aromatic amines is 2. The Morgan fingerprint density at radius 3 is 2.39 bits per heavy atom. The summed E-state index contributed by atoms with van der Waals surface area (Å²) >= 11 is 0. The van der Waals surface area contributed by atoms with Crippen LogP contribution in [0, 0.1) is 6.92 Å². The summed E-state index contributed by atoms with van der Waals surface area (Å²) in [5.41, 5.74) is 0.451. The number of hydrogen-bond acceptors (Lipinski definition) is 6. The summed E-state index contributed by atoms with van der Waals surface area (Å²) < 4.78 is 9.75. The Balaban J connectivity index is 2.56. The number of fused-ring (bicyclic) bond motifs is 1. The quantitative estimate of drug-likeness (QED) is 0.369. The van der Waals surface area contributed by atoms with Crippen LogP contribution in [0.4, 0.5) is 0 Å². The fraction of sp³-hybridized carbons (Fsp3) is 0.333. The number of aryl methyl sites for hydroxylation is 1. The molecule has 0 amide bonds. The SMILES string of the molecule is CCOC(=O)C(=Cc1c[nH]c2c(=O)[nH]c(C)nc12)C(=O)OCC. The summed E-state index contributed by atoms with van der Waals surface area (Å²) in [7, 11) is 0. The molecule has 23 heavy (non-hydrogen) atoms. The third-order valence-electron chi connectivity index (χ3n) is 2.97. The molecule has 2 aromatic rings. The second-order valence-corrected chi connectivity index (χ2v) is 4.62. The van der Waals surface area contributed by atoms with E-state index in [-0.39, 0.29) is 29.9 Å². The minimum atomic E-state index is -0.790. The second-order valence-electron chi connectivity index (χ2n) is 4.62. The molecule has 0 saturated carbocycles. The number of carbonyl (C=O) groups is 2. The van der Waals surface area contributed by atoms with Gasteiger partial charge in [-0.1, -0.05) is 0 Å². The van der Waals surface area contributed by atoms with Crippen molar-refractivity contribution in [3.8, 4) is 0 Å². The van der Waals surface area contributed by atoms with Crippen molar-refractivity contribution in [3.05, 3.63) is 33.5 Å². The Hall–Kier alpha value is -2.90. The van der Waals surface area contributed by atoms with Crippen LogP contribution in [-0.4, -0.2) is 40.1 Å². The first-order valence-electron chi connectivity index (χ1n) is 7.11. The standard InChI is InChI=1S/C15H17N3O5/c1-4-22-14(20)10(15(21)23-5-2)6-9-7-16-12-11(9)17-8(3)18-13(12)19/h6-7,16H,4-5H2,1-3H3,(H,17,18,19). The fourth-order valence-electron chi connectivity index (χ4n) is 2.03. The van der Waals surface area contributed by atoms with E-state index in [9.17, 15) is 14.4 Å². The van der Waals surface area contributed by atoms with Crippen molar-refractivity contribution < 1.29 is 19.1 Å². The van der Waals surface area contributed by atoms with Crippen molar-refractivity contribution in [2.75, 3.05) is 13.2 Å². The van der Waals surface area contributed by atoms with Gasteiger partial charge in [-0.3, -0.25) is 4.79 Å². The molecule has 0 aromatic carbocycles. The molecule has 0 bridgehead atoms. The molecule has 0 saturated heterocycles. The molecule has 2 heterocycles. The molecule has 0 spiro atoms. The minimum Gasteiger partial charge on any atom is -0.462 e. The van der Waals surface area contributed by atoms with Crippen molar-refractivity contribution in [2.24, 2.45) is 0 Å². The number of hydrogen-bond donors (Lipinski definition) is 2. The normalized spacial score (nSPS) is 10.4. The average molecular weight is 319 g/mol. The lowest BCUT2D eigenvalue weighted by atomic mass is 10.1. The Bertz CT molecular complexity index is 811. The zero-order chi connectivity index (χ0) is 17.0. The van der Waals surface area contributed by atoms with Crippen LogP contribution in [0.1, 0.15) is 25.2 Å². The topological polar surface area (TPSA) is 114 Å². The maximum atomic E-state index is 12.0. The third kappa shape index (κ3) is 3.47. The Morgan fingerprint density at radius 1 is 1.22 bits per heavy atom. The number of rotatable bonds is 5. The molecule has 0 aliphatic carbocycles. The van der Waals surface area contributed by atoms with Crippen molar-refractivity contribution in [1.29, 1.82) is 0 Å². The zero-order valence-electron chi connectivity index (χ0n) is 13.1. The highest BCUT2D eigenvalue weighted by Gasteiger charge is 2.22. The van der Waals surface area contributed by atoms with E-state index in [2.05, 4.69) is 15.0 Å². The van der Waals surface area contributed by atoms with Gasteiger partial charge in [0.2, 0.25) is 0 Å². The first-order chi connectivity index (χ1) is 11.0. The van der Waals surface area contributed by atoms with E-state index in [4.69, 9.17) is 9.47 Å². The van der Waals surface area contributed by atoms with Gasteiger partial charge in [0.15, 0.2) is 0 Å². The molecule has 2 N–H and O–H groups in total. The van der Waals surface area contributed by atoms with Gasteiger partial charge in [-0.2, -0.15) is 0 Å². The summed E-state index contributed by atoms with van der Waals surface area (Å²) in [5, 5.41) is 0. The summed E-state index contributed by atoms with van der Waals surface area (Å²) in [4.78, 5) is 45.3. The smallest absolute Gasteiger partial charge is 0.345 e. The number of esters is 2. The predicted molar refractivity (Wildman–Crippen MR) is 82.7 cm³/mol. The Morgan fingerprint density at radius 2 is 1.83 bits per heavy atom. The van der Waals surface area contributed by atoms with E-state index in [1.54, 1.807) is 20.8 Å². The first-order valence-corrected chi connectivity index (χ1v) is 7.11. The summed E-state index contributed by atoms with van der Waals surface area (Å²) in [6.45, 7) is 5.16. The molecule has 0 fully saturated rings. The van der Waals surface area contributed by atoms with E-state index in [0.29, 0.717) is 16.9 Å². The molecular weight excluding hydrogens is 302 g/mol. The van der Waals surface area contributed by atoms with Crippen LogP contribution in [-0.2, 0) is 19.1 Å². The van der Waals surface area contributed by atoms with E-state index < -0.39 is 11.9 Å². The number of nitrogens with zero attached hydrogens (tertiary/aromatic N) is 1. The summed E-state index contributed by atoms with van der Waals surface area (Å²) in [5.74, 6) is -1.16. The van der Waals surface area contributed by atoms with Gasteiger partial charge in [-0.15, -0.1) is 0 Å². The largest absolute Gasteiger partial charge is 0.462 e. The van der Waals surface area contributed by atoms with Crippen molar-refractivity contribution in [1.82, 2.24) is 15.0 Å². The van der Waals surface area contributed by atoms with Gasteiger partial charge in [0, 0.05) is 11.8 Å². The maximum absolute atomic E-state index is 12.0. The zero-order valence-corrected chi connectivity index (χ0v) is 13.1. The average Bonchev–Trinajstić information content (AvgIpc) is 2.88. The lowest BCUT2D eigenvalue weighted by molar-refractivity contribution is -0.146. The molecule has 122 valence electrons. The molecule has 8 nitrogen and oxygen atoms in total. The minimum absolute atomic E-state index is 0.125. The number of carbonyl (C=O) groups excluding carboxylic acids is 2. The molecule has 0 unspecified atom stereocenters. The van der Waals surface area contributed by atoms with Crippen molar-refractivity contribution in [2.45, 2.75) is 20.8 Å². The van der Waals surface area contributed by atoms with Gasteiger partial charge < -0.3 is 19.4 Å². The molecule has 0 radical (unpaired) electrons. The number of nitrogens with one attached hydrogen (secondary N) is 2. The van der Waals surface area contributed by atoms with Gasteiger partial charge in [0.25, 0.3) is 5.56 Å². The predicted octanol–water partition coefficient (Wildman–Crippen LogP) is 1.07. The van der Waals surface area contributed by atoms with Crippen molar-refractivity contribution in [3.63, 3.8) is 0 Å². The Kier molecular flexibility index (Phi) is 4.95. The number of ether oxygens (including phenoxy) is 2. The van der Waals surface area contributed by atoms with Gasteiger partial charge in [-0.25, -0.2) is 14.6 Å². The highest BCUT2D eigenvalue weighted by molar-refractivity contribution is 6.18. The van der Waals surface area contributed by atoms with Crippen LogP contribution in [0.5, 0.6) is 0 Å². The fourth-order valence-corrected chi connectivity index (χ4v) is 2.03. The Labute approximate surface area is 131 Å². The highest BCUT2D eigenvalue weighted by Crippen LogP contribution is 2.17. The third-order valence-corrected chi connectivity index (χ3v) is 2.97. The molecule has 0 aliphatic heterocycles. The van der Waals surface area contributed by atoms with E-state index >= 15 is 0 Å². The highest BCUT2D eigenvalue weighted by atomic mass is 16.6. The molecular formula is C15H17N3O5. The van der Waals surface area contributed by atoms with E-state index in [1.807, 2.05) is 0 Å². The van der Waals surface area contributed by atoms with E-state index in [1.165, 1.54) is 12.3 Å². The number of H-pyrrole nitrogens is 2. The molecule has 8 heteroatoms. The molecule has 0 aliphatic rings. The van der Waals surface area contributed by atoms with Crippen LogP contribution in [0.25, 0.3) is 17.1 Å². The van der Waals surface area contributed by atoms with Crippen LogP contribution >= 0.6 is 0 Å². The van der Waals surface area contributed by atoms with Gasteiger partial charge in [0.1, 0.15) is 22.4 Å². The molecule has 0 atom stereocenters.